The second-order valence-electron chi connectivity index (χ2n) is 30.5. The van der Waals surface area contributed by atoms with Crippen molar-refractivity contribution in [3.8, 4) is 45.3 Å². The van der Waals surface area contributed by atoms with Crippen molar-refractivity contribution in [1.29, 1.82) is 0 Å². The molecule has 15 rings (SSSR count). The molecule has 0 bridgehead atoms. The lowest BCUT2D eigenvalue weighted by Gasteiger charge is -2.35. The van der Waals surface area contributed by atoms with Crippen LogP contribution in [0.3, 0.4) is 0 Å². The Hall–Kier alpha value is -11.1. The number of anilines is 6. The molecule has 0 aliphatic heterocycles. The van der Waals surface area contributed by atoms with E-state index in [1.807, 2.05) is 58.1 Å². The Kier molecular flexibility index (Phi) is 22.4. The van der Waals surface area contributed by atoms with Gasteiger partial charge in [0, 0.05) is 56.3 Å². The van der Waals surface area contributed by atoms with Crippen LogP contribution in [0.2, 0.25) is 0 Å². The Bertz CT molecular complexity index is 4540. The molecular weight excluding hydrogens is 1340 g/mol. The van der Waals surface area contributed by atoms with Crippen LogP contribution in [0.25, 0.3) is 44.3 Å². The molecule has 2 fully saturated rings. The highest BCUT2D eigenvalue weighted by molar-refractivity contribution is 6.16. The van der Waals surface area contributed by atoms with Gasteiger partial charge in [0.05, 0.1) is 37.4 Å². The molecule has 4 atom stereocenters. The summed E-state index contributed by atoms with van der Waals surface area (Å²) in [5.41, 5.74) is 14.7. The SMILES string of the molecule is Cc1cccc(OCC(COc2cccc(C)c2)(CO[C@@H]2CCC[C@H](C)C2)Cn2nc3c(-c4ccc(N(c5ccccc5)c5ccccc5)cc4)c4n[n+](CC(COc5cccc(C)c5)(COc5cccc(C)c5)CO[C@@H]5CCC[C@H](C)C5)[n-]c4c(-c4ccc(N(c5ccccc5)c5ccccc5)cc4)c3n2)c1. The lowest BCUT2D eigenvalue weighted by molar-refractivity contribution is -0.814. The highest BCUT2D eigenvalue weighted by atomic mass is 16.5. The van der Waals surface area contributed by atoms with Gasteiger partial charge in [0.25, 0.3) is 0 Å². The number of ether oxygens (including phenoxy) is 6. The van der Waals surface area contributed by atoms with E-state index in [0.717, 1.165) is 140 Å². The van der Waals surface area contributed by atoms with Gasteiger partial charge in [0.15, 0.2) is 6.54 Å². The molecule has 2 saturated carbocycles. The minimum absolute atomic E-state index is 0.0675. The largest absolute Gasteiger partial charge is 0.493 e. The van der Waals surface area contributed by atoms with E-state index in [0.29, 0.717) is 47.1 Å². The fourth-order valence-corrected chi connectivity index (χ4v) is 15.6. The highest BCUT2D eigenvalue weighted by Gasteiger charge is 2.41. The van der Waals surface area contributed by atoms with Crippen molar-refractivity contribution >= 4 is 56.2 Å². The second kappa shape index (κ2) is 33.4. The van der Waals surface area contributed by atoms with Gasteiger partial charge in [0.1, 0.15) is 65.9 Å². The Labute approximate surface area is 635 Å². The molecule has 13 aromatic rings. The van der Waals surface area contributed by atoms with E-state index in [4.69, 9.17) is 48.8 Å². The van der Waals surface area contributed by atoms with E-state index in [2.05, 4.69) is 270 Å². The summed E-state index contributed by atoms with van der Waals surface area (Å²) in [6, 6.07) is 92.6. The number of benzene rings is 11. The molecule has 0 radical (unpaired) electrons. The predicted octanol–water partition coefficient (Wildman–Crippen LogP) is 21.2. The van der Waals surface area contributed by atoms with Gasteiger partial charge in [0.2, 0.25) is 0 Å². The minimum Gasteiger partial charge on any atom is -0.493 e. The number of aromatic nitrogens is 6. The molecule has 0 unspecified atom stereocenters. The van der Waals surface area contributed by atoms with E-state index in [-0.39, 0.29) is 51.7 Å². The summed E-state index contributed by atoms with van der Waals surface area (Å²) < 4.78 is 42.5. The smallest absolute Gasteiger partial charge is 0.177 e. The second-order valence-corrected chi connectivity index (χ2v) is 30.5. The zero-order valence-corrected chi connectivity index (χ0v) is 63.1. The van der Waals surface area contributed by atoms with Crippen LogP contribution in [0.1, 0.15) is 87.5 Å². The number of rotatable bonds is 30. The highest BCUT2D eigenvalue weighted by Crippen LogP contribution is 2.45. The van der Waals surface area contributed by atoms with E-state index in [1.54, 1.807) is 0 Å². The first-order valence-electron chi connectivity index (χ1n) is 38.5. The minimum atomic E-state index is -0.847. The lowest BCUT2D eigenvalue weighted by Crippen LogP contribution is -2.55. The van der Waals surface area contributed by atoms with E-state index >= 15 is 0 Å². The first-order valence-corrected chi connectivity index (χ1v) is 38.5. The van der Waals surface area contributed by atoms with Crippen molar-refractivity contribution in [1.82, 2.24) is 25.2 Å². The van der Waals surface area contributed by atoms with Crippen molar-refractivity contribution in [3.05, 3.63) is 289 Å². The van der Waals surface area contributed by atoms with E-state index in [1.165, 1.54) is 12.8 Å². The van der Waals surface area contributed by atoms with Crippen LogP contribution in [-0.2, 0) is 22.6 Å². The monoisotopic (exact) mass is 1430 g/mol. The third kappa shape index (κ3) is 17.5. The summed E-state index contributed by atoms with van der Waals surface area (Å²) in [7, 11) is 0. The number of fused-ring (bicyclic) bond motifs is 2. The van der Waals surface area contributed by atoms with Crippen LogP contribution < -0.4 is 38.6 Å². The van der Waals surface area contributed by atoms with Crippen LogP contribution in [0.5, 0.6) is 23.0 Å². The van der Waals surface area contributed by atoms with Gasteiger partial charge in [-0.2, -0.15) is 30.0 Å². The summed E-state index contributed by atoms with van der Waals surface area (Å²) in [5, 5.41) is 23.3. The molecule has 0 amide bonds. The summed E-state index contributed by atoms with van der Waals surface area (Å²) in [4.78, 5) is 8.31. The van der Waals surface area contributed by atoms with Gasteiger partial charge < -0.3 is 38.2 Å². The zero-order valence-electron chi connectivity index (χ0n) is 63.1. The average Bonchev–Trinajstić information content (AvgIpc) is 1.56. The number of aryl methyl sites for hydroxylation is 4. The molecule has 550 valence electrons. The third-order valence-corrected chi connectivity index (χ3v) is 21.3. The van der Waals surface area contributed by atoms with Gasteiger partial charge in [-0.3, -0.25) is 0 Å². The summed E-state index contributed by atoms with van der Waals surface area (Å²) in [5.74, 6) is 4.15. The van der Waals surface area contributed by atoms with Crippen LogP contribution in [-0.4, -0.2) is 71.9 Å². The first-order chi connectivity index (χ1) is 52.8. The third-order valence-electron chi connectivity index (χ3n) is 21.3. The number of para-hydroxylation sites is 4. The van der Waals surface area contributed by atoms with Gasteiger partial charge >= 0.3 is 0 Å². The quantitative estimate of drug-likeness (QED) is 0.0398. The zero-order chi connectivity index (χ0) is 73.8. The van der Waals surface area contributed by atoms with Crippen molar-refractivity contribution in [2.24, 2.45) is 22.7 Å². The van der Waals surface area contributed by atoms with Crippen molar-refractivity contribution < 1.29 is 33.2 Å². The van der Waals surface area contributed by atoms with E-state index in [9.17, 15) is 0 Å². The van der Waals surface area contributed by atoms with Crippen LogP contribution in [0.4, 0.5) is 34.1 Å². The molecule has 108 heavy (non-hydrogen) atoms. The number of nitrogens with zero attached hydrogens (tertiary/aromatic N) is 8. The maximum Gasteiger partial charge on any atom is 0.177 e. The average molecular weight is 1440 g/mol. The van der Waals surface area contributed by atoms with Crippen molar-refractivity contribution in [2.75, 3.05) is 49.4 Å². The molecule has 14 heteroatoms. The molecule has 2 aliphatic rings. The lowest BCUT2D eigenvalue weighted by atomic mass is 9.87. The van der Waals surface area contributed by atoms with Crippen molar-refractivity contribution in [2.45, 2.75) is 118 Å². The Morgan fingerprint density at radius 2 is 0.741 bits per heavy atom. The molecule has 2 heterocycles. The van der Waals surface area contributed by atoms with Gasteiger partial charge in [-0.15, -0.1) is 0 Å². The fraction of sp³-hybridized carbons (Fsp3) is 0.298. The van der Waals surface area contributed by atoms with Crippen LogP contribution in [0.15, 0.2) is 267 Å². The standard InChI is InChI=1S/C94H98N8O6/c1-67-25-19-39-81(53-67)103-61-93(62-104-82-40-20-26-68(2)54-82,63-105-83-41-21-27-69(3)55-83)59-99-95-89-87(73-45-49-79(50-46-73)101(75-31-11-7-12-32-75)76-33-13-8-14-34-76)91-92(88(90(89)96-99)74-47-51-80(52-48-74)102(77-35-15-9-16-36-77)78-37-17-10-18-38-78)98-100(97-91)60-94(64-106-84-42-22-28-70(4)56-84,65-107-85-43-23-29-71(5)57-85)66-108-86-44-24-30-72(6)58-86/h7-20,22-23,25-26,28-29,31-40,42-43,45-54,56-57,69,72,83,86H,21,24,27,30,41,44,55,58-66H2,1-6H3/t69-,72-,83+,86+/m0/s1. The summed E-state index contributed by atoms with van der Waals surface area (Å²) in [6.45, 7) is 15.2. The molecule has 2 aromatic heterocycles. The molecule has 2 aliphatic carbocycles. The topological polar surface area (TPSA) is 123 Å². The molecule has 0 saturated heterocycles. The number of hydrogen-bond donors (Lipinski definition) is 0. The summed E-state index contributed by atoms with van der Waals surface area (Å²) >= 11 is 0. The van der Waals surface area contributed by atoms with E-state index < -0.39 is 10.8 Å². The number of hydrogen-bond acceptors (Lipinski definition) is 11. The van der Waals surface area contributed by atoms with Gasteiger partial charge in [-0.05, 0) is 220 Å². The van der Waals surface area contributed by atoms with Gasteiger partial charge in [-0.1, -0.05) is 185 Å². The molecular formula is C94H98N8O6. The molecule has 0 N–H and O–H groups in total. The Balaban J connectivity index is 0.949. The molecule has 14 nitrogen and oxygen atoms in total. The summed E-state index contributed by atoms with van der Waals surface area (Å²) in [6.07, 6.45) is 8.66. The normalized spacial score (nSPS) is 16.1. The molecule has 0 spiro atoms. The van der Waals surface area contributed by atoms with Crippen molar-refractivity contribution in [3.63, 3.8) is 0 Å². The maximum atomic E-state index is 7.23. The first kappa shape index (κ1) is 72.5. The Morgan fingerprint density at radius 1 is 0.389 bits per heavy atom. The fourth-order valence-electron chi connectivity index (χ4n) is 15.6. The van der Waals surface area contributed by atoms with Crippen LogP contribution in [0, 0.1) is 50.4 Å². The Morgan fingerprint density at radius 3 is 1.12 bits per heavy atom. The molecule has 11 aromatic carbocycles. The predicted molar refractivity (Wildman–Crippen MR) is 433 cm³/mol. The van der Waals surface area contributed by atoms with Crippen LogP contribution >= 0.6 is 0 Å². The maximum absolute atomic E-state index is 7.23. The van der Waals surface area contributed by atoms with Gasteiger partial charge in [-0.25, -0.2) is 0 Å².